The molecule has 0 saturated heterocycles. The molecule has 1 aromatic carbocycles. The molecule has 0 aliphatic carbocycles. The first-order valence-electron chi connectivity index (χ1n) is 5.49. The molecule has 1 N–H and O–H groups in total. The Morgan fingerprint density at radius 3 is 2.29 bits per heavy atom. The summed E-state index contributed by atoms with van der Waals surface area (Å²) in [5.74, 6) is 0. The molecule has 0 atom stereocenters. The van der Waals surface area contributed by atoms with Crippen LogP contribution < -0.4 is 5.32 Å². The van der Waals surface area contributed by atoms with Crippen molar-refractivity contribution in [3.63, 3.8) is 0 Å². The highest BCUT2D eigenvalue weighted by molar-refractivity contribution is 6.30. The van der Waals surface area contributed by atoms with Gasteiger partial charge in [0.05, 0.1) is 0 Å². The maximum absolute atomic E-state index is 11.8. The summed E-state index contributed by atoms with van der Waals surface area (Å²) in [4.78, 5) is 0. The summed E-state index contributed by atoms with van der Waals surface area (Å²) in [6.07, 6.45) is -4.02. The molecule has 17 heavy (non-hydrogen) atoms. The lowest BCUT2D eigenvalue weighted by Gasteiger charge is -2.07. The fourth-order valence-corrected chi connectivity index (χ4v) is 1.54. The molecule has 0 unspecified atom stereocenters. The van der Waals surface area contributed by atoms with Crippen LogP contribution in [0.15, 0.2) is 24.3 Å². The molecule has 0 amide bonds. The van der Waals surface area contributed by atoms with Crippen molar-refractivity contribution in [2.75, 3.05) is 6.54 Å². The van der Waals surface area contributed by atoms with Gasteiger partial charge in [0.1, 0.15) is 0 Å². The van der Waals surface area contributed by atoms with Crippen molar-refractivity contribution in [1.29, 1.82) is 0 Å². The van der Waals surface area contributed by atoms with Crippen LogP contribution in [-0.4, -0.2) is 12.7 Å². The fourth-order valence-electron chi connectivity index (χ4n) is 1.41. The Hall–Kier alpha value is -0.740. The van der Waals surface area contributed by atoms with E-state index in [9.17, 15) is 13.2 Å². The van der Waals surface area contributed by atoms with Gasteiger partial charge in [-0.2, -0.15) is 13.2 Å². The zero-order chi connectivity index (χ0) is 12.7. The van der Waals surface area contributed by atoms with E-state index in [0.29, 0.717) is 24.5 Å². The average Bonchev–Trinajstić information content (AvgIpc) is 2.24. The van der Waals surface area contributed by atoms with E-state index in [2.05, 4.69) is 5.32 Å². The summed E-state index contributed by atoms with van der Waals surface area (Å²) in [5.41, 5.74) is 1.07. The monoisotopic (exact) mass is 265 g/mol. The summed E-state index contributed by atoms with van der Waals surface area (Å²) in [5, 5.41) is 3.78. The molecule has 0 radical (unpaired) electrons. The smallest absolute Gasteiger partial charge is 0.313 e. The van der Waals surface area contributed by atoms with E-state index in [4.69, 9.17) is 11.6 Å². The second-order valence-electron chi connectivity index (χ2n) is 3.88. The largest absolute Gasteiger partial charge is 0.389 e. The van der Waals surface area contributed by atoms with Gasteiger partial charge in [-0.3, -0.25) is 0 Å². The minimum absolute atomic E-state index is 0.178. The highest BCUT2D eigenvalue weighted by Gasteiger charge is 2.25. The molecule has 0 bridgehead atoms. The van der Waals surface area contributed by atoms with Gasteiger partial charge < -0.3 is 5.32 Å². The second kappa shape index (κ2) is 6.87. The molecule has 5 heteroatoms. The van der Waals surface area contributed by atoms with Crippen LogP contribution in [0, 0.1) is 0 Å². The van der Waals surface area contributed by atoms with Crippen LogP contribution in [-0.2, 0) is 6.54 Å². The van der Waals surface area contributed by atoms with Crippen LogP contribution in [0.2, 0.25) is 5.02 Å². The molecular weight excluding hydrogens is 251 g/mol. The Labute approximate surface area is 104 Å². The van der Waals surface area contributed by atoms with Gasteiger partial charge in [-0.15, -0.1) is 0 Å². The zero-order valence-corrected chi connectivity index (χ0v) is 10.1. The predicted molar refractivity (Wildman–Crippen MR) is 63.1 cm³/mol. The molecule has 1 rings (SSSR count). The van der Waals surface area contributed by atoms with Crippen molar-refractivity contribution in [2.45, 2.75) is 32.0 Å². The maximum atomic E-state index is 11.8. The van der Waals surface area contributed by atoms with Gasteiger partial charge in [0.2, 0.25) is 0 Å². The predicted octanol–water partition coefficient (Wildman–Crippen LogP) is 4.16. The van der Waals surface area contributed by atoms with E-state index in [-0.39, 0.29) is 6.42 Å². The van der Waals surface area contributed by atoms with Gasteiger partial charge in [0.15, 0.2) is 0 Å². The van der Waals surface area contributed by atoms with Crippen molar-refractivity contribution in [2.24, 2.45) is 0 Å². The van der Waals surface area contributed by atoms with Crippen LogP contribution in [0.5, 0.6) is 0 Å². The average molecular weight is 266 g/mol. The third-order valence-corrected chi connectivity index (χ3v) is 2.56. The van der Waals surface area contributed by atoms with E-state index in [1.54, 1.807) is 12.1 Å². The third-order valence-electron chi connectivity index (χ3n) is 2.31. The molecule has 0 heterocycles. The number of rotatable bonds is 6. The van der Waals surface area contributed by atoms with E-state index >= 15 is 0 Å². The van der Waals surface area contributed by atoms with E-state index in [1.807, 2.05) is 12.1 Å². The number of halogens is 4. The fraction of sp³-hybridized carbons (Fsp3) is 0.500. The SMILES string of the molecule is FC(F)(F)CCCCNCc1ccc(Cl)cc1. The van der Waals surface area contributed by atoms with Gasteiger partial charge in [-0.1, -0.05) is 23.7 Å². The topological polar surface area (TPSA) is 12.0 Å². The number of unbranched alkanes of at least 4 members (excludes halogenated alkanes) is 1. The molecule has 0 aliphatic heterocycles. The van der Waals surface area contributed by atoms with Crippen molar-refractivity contribution in [3.05, 3.63) is 34.9 Å². The molecule has 0 aromatic heterocycles. The third kappa shape index (κ3) is 7.23. The zero-order valence-electron chi connectivity index (χ0n) is 9.36. The van der Waals surface area contributed by atoms with Gasteiger partial charge in [-0.25, -0.2) is 0 Å². The first-order valence-corrected chi connectivity index (χ1v) is 5.87. The lowest BCUT2D eigenvalue weighted by Crippen LogP contribution is -2.15. The standard InChI is InChI=1S/C12H15ClF3N/c13-11-5-3-10(4-6-11)9-17-8-2-1-7-12(14,15)16/h3-6,17H,1-2,7-9H2. The van der Waals surface area contributed by atoms with Crippen LogP contribution >= 0.6 is 11.6 Å². The second-order valence-corrected chi connectivity index (χ2v) is 4.31. The Kier molecular flexibility index (Phi) is 5.78. The summed E-state index contributed by atoms with van der Waals surface area (Å²) in [6.45, 7) is 1.25. The Bertz CT molecular complexity index is 322. The number of nitrogens with one attached hydrogen (secondary N) is 1. The molecule has 1 aromatic rings. The van der Waals surface area contributed by atoms with E-state index < -0.39 is 12.6 Å². The van der Waals surface area contributed by atoms with E-state index in [0.717, 1.165) is 5.56 Å². The quantitative estimate of drug-likeness (QED) is 0.762. The Balaban J connectivity index is 2.07. The highest BCUT2D eigenvalue weighted by Crippen LogP contribution is 2.21. The summed E-state index contributed by atoms with van der Waals surface area (Å²) < 4.78 is 35.5. The number of alkyl halides is 3. The minimum atomic E-state index is -4.03. The van der Waals surface area contributed by atoms with Crippen LogP contribution in [0.25, 0.3) is 0 Å². The first-order chi connectivity index (χ1) is 7.97. The Morgan fingerprint density at radius 2 is 1.71 bits per heavy atom. The Morgan fingerprint density at radius 1 is 1.06 bits per heavy atom. The summed E-state index contributed by atoms with van der Waals surface area (Å²) in [6, 6.07) is 7.38. The maximum Gasteiger partial charge on any atom is 0.389 e. The van der Waals surface area contributed by atoms with E-state index in [1.165, 1.54) is 0 Å². The van der Waals surface area contributed by atoms with Gasteiger partial charge in [-0.05, 0) is 37.1 Å². The van der Waals surface area contributed by atoms with Gasteiger partial charge in [0.25, 0.3) is 0 Å². The molecular formula is C12H15ClF3N. The highest BCUT2D eigenvalue weighted by atomic mass is 35.5. The molecule has 1 nitrogen and oxygen atoms in total. The lowest BCUT2D eigenvalue weighted by atomic mass is 10.2. The van der Waals surface area contributed by atoms with Crippen molar-refractivity contribution >= 4 is 11.6 Å². The number of hydrogen-bond acceptors (Lipinski definition) is 1. The van der Waals surface area contributed by atoms with Gasteiger partial charge >= 0.3 is 6.18 Å². The van der Waals surface area contributed by atoms with Crippen LogP contribution in [0.1, 0.15) is 24.8 Å². The molecule has 0 saturated carbocycles. The van der Waals surface area contributed by atoms with Gasteiger partial charge in [0, 0.05) is 18.0 Å². The molecule has 96 valence electrons. The molecule has 0 fully saturated rings. The minimum Gasteiger partial charge on any atom is -0.313 e. The number of hydrogen-bond donors (Lipinski definition) is 1. The molecule has 0 aliphatic rings. The first kappa shape index (κ1) is 14.3. The summed E-state index contributed by atoms with van der Waals surface area (Å²) in [7, 11) is 0. The van der Waals surface area contributed by atoms with Crippen molar-refractivity contribution in [3.8, 4) is 0 Å². The normalized spacial score (nSPS) is 11.8. The van der Waals surface area contributed by atoms with Crippen LogP contribution in [0.4, 0.5) is 13.2 Å². The number of benzene rings is 1. The lowest BCUT2D eigenvalue weighted by molar-refractivity contribution is -0.135. The van der Waals surface area contributed by atoms with Crippen molar-refractivity contribution < 1.29 is 13.2 Å². The molecule has 0 spiro atoms. The van der Waals surface area contributed by atoms with Crippen molar-refractivity contribution in [1.82, 2.24) is 5.32 Å². The van der Waals surface area contributed by atoms with Crippen LogP contribution in [0.3, 0.4) is 0 Å². The summed E-state index contributed by atoms with van der Waals surface area (Å²) >= 11 is 5.73.